The molecule has 1 N–H and O–H groups in total. The maximum Gasteiger partial charge on any atom is 0.144 e. The molecule has 3 heteroatoms. The summed E-state index contributed by atoms with van der Waals surface area (Å²) in [6, 6.07) is 12.2. The van der Waals surface area contributed by atoms with Gasteiger partial charge >= 0.3 is 0 Å². The first kappa shape index (κ1) is 15.2. The van der Waals surface area contributed by atoms with Crippen LogP contribution in [-0.4, -0.2) is 5.11 Å². The number of rotatable bonds is 3. The molecule has 2 rings (SSSR count). The standard InChI is InChI=1S/C17H14Br2O/c1-2-3-9-14-13(10-12-7-5-4-6-8-12)11-15(18)17(20)16(14)19/h4-8,11,20H,9-10H2,1H3. The van der Waals surface area contributed by atoms with Crippen LogP contribution in [0.3, 0.4) is 0 Å². The van der Waals surface area contributed by atoms with Gasteiger partial charge in [-0.15, -0.1) is 5.92 Å². The highest BCUT2D eigenvalue weighted by atomic mass is 79.9. The molecule has 0 aliphatic rings. The van der Waals surface area contributed by atoms with E-state index in [0.717, 1.165) is 22.0 Å². The first-order chi connectivity index (χ1) is 9.63. The topological polar surface area (TPSA) is 20.2 Å². The van der Waals surface area contributed by atoms with Gasteiger partial charge in [-0.3, -0.25) is 0 Å². The zero-order valence-electron chi connectivity index (χ0n) is 11.1. The second kappa shape index (κ2) is 6.97. The number of phenolic OH excluding ortho intramolecular Hbond substituents is 1. The van der Waals surface area contributed by atoms with Gasteiger partial charge in [0.15, 0.2) is 0 Å². The van der Waals surface area contributed by atoms with Crippen molar-refractivity contribution in [3.05, 3.63) is 62.0 Å². The third-order valence-corrected chi connectivity index (χ3v) is 4.53. The van der Waals surface area contributed by atoms with Gasteiger partial charge in [-0.1, -0.05) is 36.3 Å². The van der Waals surface area contributed by atoms with E-state index in [1.807, 2.05) is 31.2 Å². The van der Waals surface area contributed by atoms with Crippen molar-refractivity contribution in [3.8, 4) is 17.6 Å². The van der Waals surface area contributed by atoms with Crippen molar-refractivity contribution >= 4 is 31.9 Å². The third-order valence-electron chi connectivity index (χ3n) is 3.07. The maximum absolute atomic E-state index is 10.0. The number of phenols is 1. The minimum absolute atomic E-state index is 0.231. The smallest absolute Gasteiger partial charge is 0.144 e. The van der Waals surface area contributed by atoms with E-state index < -0.39 is 0 Å². The lowest BCUT2D eigenvalue weighted by atomic mass is 9.97. The molecule has 0 amide bonds. The van der Waals surface area contributed by atoms with E-state index >= 15 is 0 Å². The number of hydrogen-bond acceptors (Lipinski definition) is 1. The van der Waals surface area contributed by atoms with Crippen LogP contribution in [-0.2, 0) is 12.8 Å². The lowest BCUT2D eigenvalue weighted by Crippen LogP contribution is -1.98. The highest BCUT2D eigenvalue weighted by molar-refractivity contribution is 9.11. The van der Waals surface area contributed by atoms with Crippen LogP contribution in [0.4, 0.5) is 0 Å². The molecule has 0 atom stereocenters. The van der Waals surface area contributed by atoms with Crippen molar-refractivity contribution in [1.82, 2.24) is 0 Å². The molecule has 1 nitrogen and oxygen atoms in total. The molecular weight excluding hydrogens is 380 g/mol. The van der Waals surface area contributed by atoms with Crippen molar-refractivity contribution in [1.29, 1.82) is 0 Å². The van der Waals surface area contributed by atoms with E-state index in [2.05, 4.69) is 55.8 Å². The number of aromatic hydroxyl groups is 1. The van der Waals surface area contributed by atoms with E-state index in [-0.39, 0.29) is 5.75 Å². The van der Waals surface area contributed by atoms with Crippen molar-refractivity contribution in [3.63, 3.8) is 0 Å². The van der Waals surface area contributed by atoms with Crippen LogP contribution >= 0.6 is 31.9 Å². The molecule has 20 heavy (non-hydrogen) atoms. The van der Waals surface area contributed by atoms with E-state index in [4.69, 9.17) is 0 Å². The van der Waals surface area contributed by atoms with E-state index in [0.29, 0.717) is 10.9 Å². The fraction of sp³-hybridized carbons (Fsp3) is 0.176. The molecule has 0 fully saturated rings. The summed E-state index contributed by atoms with van der Waals surface area (Å²) < 4.78 is 1.42. The Bertz CT molecular complexity index is 667. The molecule has 2 aromatic carbocycles. The predicted molar refractivity (Wildman–Crippen MR) is 89.9 cm³/mol. The zero-order valence-corrected chi connectivity index (χ0v) is 14.3. The Morgan fingerprint density at radius 1 is 1.15 bits per heavy atom. The molecule has 0 unspecified atom stereocenters. The molecule has 0 aromatic heterocycles. The molecule has 2 aromatic rings. The summed E-state index contributed by atoms with van der Waals surface area (Å²) in [7, 11) is 0. The molecular formula is C17H14Br2O. The average molecular weight is 394 g/mol. The molecule has 0 saturated carbocycles. The van der Waals surface area contributed by atoms with Gasteiger partial charge < -0.3 is 5.11 Å². The van der Waals surface area contributed by atoms with Crippen molar-refractivity contribution < 1.29 is 5.11 Å². The quantitative estimate of drug-likeness (QED) is 0.721. The Morgan fingerprint density at radius 2 is 1.85 bits per heavy atom. The normalized spacial score (nSPS) is 9.95. The maximum atomic E-state index is 10.0. The summed E-state index contributed by atoms with van der Waals surface area (Å²) in [5, 5.41) is 10.0. The summed E-state index contributed by atoms with van der Waals surface area (Å²) >= 11 is 6.87. The Balaban J connectivity index is 2.46. The fourth-order valence-electron chi connectivity index (χ4n) is 2.04. The summed E-state index contributed by atoms with van der Waals surface area (Å²) in [5.74, 6) is 6.21. The van der Waals surface area contributed by atoms with Gasteiger partial charge in [0.05, 0.1) is 8.95 Å². The van der Waals surface area contributed by atoms with Crippen LogP contribution in [0.2, 0.25) is 0 Å². The molecule has 0 aliphatic heterocycles. The Hall–Kier alpha value is -1.24. The zero-order chi connectivity index (χ0) is 14.5. The van der Waals surface area contributed by atoms with Gasteiger partial charge in [0, 0.05) is 6.42 Å². The number of halogens is 2. The molecule has 102 valence electrons. The van der Waals surface area contributed by atoms with E-state index in [9.17, 15) is 5.11 Å². The number of benzene rings is 2. The van der Waals surface area contributed by atoms with Crippen molar-refractivity contribution in [2.45, 2.75) is 19.8 Å². The summed E-state index contributed by atoms with van der Waals surface area (Å²) in [4.78, 5) is 0. The van der Waals surface area contributed by atoms with Gasteiger partial charge in [-0.2, -0.15) is 0 Å². The molecule has 0 saturated heterocycles. The Labute approximate surface area is 136 Å². The van der Waals surface area contributed by atoms with E-state index in [1.54, 1.807) is 0 Å². The average Bonchev–Trinajstić information content (AvgIpc) is 2.46. The molecule has 0 spiro atoms. The number of hydrogen-bond donors (Lipinski definition) is 1. The largest absolute Gasteiger partial charge is 0.506 e. The van der Waals surface area contributed by atoms with Gasteiger partial charge in [-0.05, 0) is 68.0 Å². The minimum Gasteiger partial charge on any atom is -0.506 e. The van der Waals surface area contributed by atoms with Gasteiger partial charge in [0.25, 0.3) is 0 Å². The monoisotopic (exact) mass is 392 g/mol. The SMILES string of the molecule is CC#CCc1c(Cc2ccccc2)cc(Br)c(O)c1Br. The highest BCUT2D eigenvalue weighted by Gasteiger charge is 2.14. The molecule has 0 bridgehead atoms. The highest BCUT2D eigenvalue weighted by Crippen LogP contribution is 2.38. The third kappa shape index (κ3) is 3.45. The second-order valence-electron chi connectivity index (χ2n) is 4.42. The first-order valence-corrected chi connectivity index (χ1v) is 7.84. The Kier molecular flexibility index (Phi) is 5.28. The van der Waals surface area contributed by atoms with Crippen LogP contribution in [0.25, 0.3) is 0 Å². The molecule has 0 heterocycles. The van der Waals surface area contributed by atoms with Crippen LogP contribution in [0.5, 0.6) is 5.75 Å². The van der Waals surface area contributed by atoms with E-state index in [1.165, 1.54) is 5.56 Å². The predicted octanol–water partition coefficient (Wildman–Crippen LogP) is 5.07. The van der Waals surface area contributed by atoms with Crippen LogP contribution < -0.4 is 0 Å². The van der Waals surface area contributed by atoms with Crippen LogP contribution in [0.1, 0.15) is 23.6 Å². The van der Waals surface area contributed by atoms with Gasteiger partial charge in [0.1, 0.15) is 5.75 Å². The fourth-order valence-corrected chi connectivity index (χ4v) is 3.39. The summed E-state index contributed by atoms with van der Waals surface area (Å²) in [6.07, 6.45) is 1.44. The Morgan fingerprint density at radius 3 is 2.50 bits per heavy atom. The summed E-state index contributed by atoms with van der Waals surface area (Å²) in [5.41, 5.74) is 3.45. The van der Waals surface area contributed by atoms with Crippen LogP contribution in [0, 0.1) is 11.8 Å². The molecule has 0 radical (unpaired) electrons. The minimum atomic E-state index is 0.231. The molecule has 0 aliphatic carbocycles. The lowest BCUT2D eigenvalue weighted by molar-refractivity contribution is 0.467. The van der Waals surface area contributed by atoms with Gasteiger partial charge in [0.2, 0.25) is 0 Å². The van der Waals surface area contributed by atoms with Gasteiger partial charge in [-0.25, -0.2) is 0 Å². The summed E-state index contributed by atoms with van der Waals surface area (Å²) in [6.45, 7) is 1.82. The second-order valence-corrected chi connectivity index (χ2v) is 6.07. The lowest BCUT2D eigenvalue weighted by Gasteiger charge is -2.13. The van der Waals surface area contributed by atoms with Crippen LogP contribution in [0.15, 0.2) is 45.3 Å². The van der Waals surface area contributed by atoms with Crippen molar-refractivity contribution in [2.75, 3.05) is 0 Å². The first-order valence-electron chi connectivity index (χ1n) is 6.25. The van der Waals surface area contributed by atoms with Crippen molar-refractivity contribution in [2.24, 2.45) is 0 Å².